The molecule has 0 saturated heterocycles. The van der Waals surface area contributed by atoms with Crippen LogP contribution in [0.25, 0.3) is 5.65 Å². The normalized spacial score (nSPS) is 10.9. The molecule has 1 aromatic carbocycles. The molecule has 2 aromatic heterocycles. The van der Waals surface area contributed by atoms with Gasteiger partial charge in [-0.2, -0.15) is 0 Å². The van der Waals surface area contributed by atoms with E-state index in [0.717, 1.165) is 5.56 Å². The lowest BCUT2D eigenvalue weighted by Crippen LogP contribution is -2.33. The largest absolute Gasteiger partial charge is 0.481 e. The van der Waals surface area contributed by atoms with Gasteiger partial charge in [-0.1, -0.05) is 36.4 Å². The lowest BCUT2D eigenvalue weighted by Gasteiger charge is -2.22. The minimum atomic E-state index is -0.886. The summed E-state index contributed by atoms with van der Waals surface area (Å²) in [6.07, 6.45) is 2.13. The van der Waals surface area contributed by atoms with E-state index in [-0.39, 0.29) is 31.0 Å². The number of carbonyl (C=O) groups excluding carboxylic acids is 1. The molecule has 0 aliphatic heterocycles. The molecule has 0 atom stereocenters. The third-order valence-electron chi connectivity index (χ3n) is 4.41. The van der Waals surface area contributed by atoms with Crippen molar-refractivity contribution >= 4 is 17.5 Å². The number of hydrogen-bond donors (Lipinski definition) is 1. The van der Waals surface area contributed by atoms with Crippen LogP contribution in [0, 0.1) is 0 Å². The van der Waals surface area contributed by atoms with Crippen LogP contribution in [0.3, 0.4) is 0 Å². The summed E-state index contributed by atoms with van der Waals surface area (Å²) in [6, 6.07) is 14.8. The Morgan fingerprint density at radius 1 is 1.04 bits per heavy atom. The summed E-state index contributed by atoms with van der Waals surface area (Å²) in [5, 5.41) is 13.1. The van der Waals surface area contributed by atoms with Gasteiger partial charge >= 0.3 is 11.7 Å². The monoisotopic (exact) mass is 382 g/mol. The van der Waals surface area contributed by atoms with Gasteiger partial charge in [0, 0.05) is 32.1 Å². The number of aromatic nitrogens is 3. The van der Waals surface area contributed by atoms with Crippen molar-refractivity contribution in [2.75, 3.05) is 6.54 Å². The van der Waals surface area contributed by atoms with Crippen molar-refractivity contribution in [1.29, 1.82) is 0 Å². The van der Waals surface area contributed by atoms with E-state index in [1.54, 1.807) is 29.3 Å². The zero-order chi connectivity index (χ0) is 19.9. The van der Waals surface area contributed by atoms with Gasteiger partial charge < -0.3 is 10.0 Å². The molecule has 0 radical (unpaired) electrons. The fourth-order valence-corrected chi connectivity index (χ4v) is 2.99. The summed E-state index contributed by atoms with van der Waals surface area (Å²) in [7, 11) is 0. The Bertz CT molecular complexity index is 1010. The molecule has 3 rings (SSSR count). The summed E-state index contributed by atoms with van der Waals surface area (Å²) in [5.74, 6) is -1.03. The topological polar surface area (TPSA) is 96.9 Å². The number of hydrogen-bond acceptors (Lipinski definition) is 4. The minimum Gasteiger partial charge on any atom is -0.481 e. The van der Waals surface area contributed by atoms with E-state index in [1.165, 1.54) is 9.08 Å². The molecule has 0 saturated carbocycles. The van der Waals surface area contributed by atoms with Crippen LogP contribution >= 0.6 is 0 Å². The average molecular weight is 382 g/mol. The first-order valence-corrected chi connectivity index (χ1v) is 9.12. The maximum Gasteiger partial charge on any atom is 0.350 e. The molecule has 0 unspecified atom stereocenters. The zero-order valence-electron chi connectivity index (χ0n) is 15.4. The molecule has 1 amide bonds. The Balaban J connectivity index is 1.67. The van der Waals surface area contributed by atoms with Gasteiger partial charge in [-0.25, -0.2) is 9.48 Å². The van der Waals surface area contributed by atoms with Gasteiger partial charge in [0.2, 0.25) is 5.91 Å². The number of fused-ring (bicyclic) bond motifs is 1. The number of carbonyl (C=O) groups is 2. The van der Waals surface area contributed by atoms with Crippen LogP contribution in [0.1, 0.15) is 24.8 Å². The summed E-state index contributed by atoms with van der Waals surface area (Å²) in [6.45, 7) is 0.920. The molecule has 146 valence electrons. The third kappa shape index (κ3) is 4.85. The van der Waals surface area contributed by atoms with Crippen LogP contribution in [-0.2, 0) is 22.7 Å². The van der Waals surface area contributed by atoms with Crippen molar-refractivity contribution in [3.05, 3.63) is 70.8 Å². The predicted molar refractivity (Wildman–Crippen MR) is 103 cm³/mol. The summed E-state index contributed by atoms with van der Waals surface area (Å²) in [5.41, 5.74) is 1.21. The second-order valence-corrected chi connectivity index (χ2v) is 6.48. The van der Waals surface area contributed by atoms with Gasteiger partial charge in [0.15, 0.2) is 5.65 Å². The van der Waals surface area contributed by atoms with Crippen LogP contribution < -0.4 is 5.69 Å². The fourth-order valence-electron chi connectivity index (χ4n) is 2.99. The molecule has 1 N–H and O–H groups in total. The molecular formula is C20H22N4O4. The van der Waals surface area contributed by atoms with Gasteiger partial charge in [0.05, 0.1) is 6.54 Å². The first kappa shape index (κ1) is 19.3. The second kappa shape index (κ2) is 8.98. The van der Waals surface area contributed by atoms with E-state index < -0.39 is 5.97 Å². The number of pyridine rings is 1. The molecule has 3 aromatic rings. The quantitative estimate of drug-likeness (QED) is 0.608. The Kier molecular flexibility index (Phi) is 6.21. The summed E-state index contributed by atoms with van der Waals surface area (Å²) in [4.78, 5) is 37.5. The van der Waals surface area contributed by atoms with Gasteiger partial charge in [-0.05, 0) is 24.1 Å². The molecule has 0 fully saturated rings. The van der Waals surface area contributed by atoms with Crippen LogP contribution in [0.2, 0.25) is 0 Å². The lowest BCUT2D eigenvalue weighted by molar-refractivity contribution is -0.138. The van der Waals surface area contributed by atoms with Gasteiger partial charge in [0.1, 0.15) is 0 Å². The fraction of sp³-hybridized carbons (Fsp3) is 0.300. The Labute approximate surface area is 161 Å². The number of carboxylic acids is 1. The van der Waals surface area contributed by atoms with Crippen LogP contribution in [0.15, 0.2) is 59.5 Å². The van der Waals surface area contributed by atoms with E-state index in [9.17, 15) is 14.4 Å². The minimum absolute atomic E-state index is 0.00443. The predicted octanol–water partition coefficient (Wildman–Crippen LogP) is 1.78. The smallest absolute Gasteiger partial charge is 0.350 e. The first-order valence-electron chi connectivity index (χ1n) is 9.12. The molecular weight excluding hydrogens is 360 g/mol. The van der Waals surface area contributed by atoms with Crippen LogP contribution in [0.5, 0.6) is 0 Å². The molecule has 2 heterocycles. The molecule has 28 heavy (non-hydrogen) atoms. The molecule has 0 aliphatic rings. The number of aryl methyl sites for hydroxylation is 1. The Morgan fingerprint density at radius 3 is 2.50 bits per heavy atom. The SMILES string of the molecule is O=C(O)CCCN(Cc1ccccc1)C(=O)CCn1nc2ccccn2c1=O. The van der Waals surface area contributed by atoms with Crippen LogP contribution in [0.4, 0.5) is 0 Å². The molecule has 0 aliphatic carbocycles. The van der Waals surface area contributed by atoms with Crippen molar-refractivity contribution in [3.63, 3.8) is 0 Å². The molecule has 8 heteroatoms. The highest BCUT2D eigenvalue weighted by Crippen LogP contribution is 2.09. The first-order chi connectivity index (χ1) is 13.5. The number of nitrogens with zero attached hydrogens (tertiary/aromatic N) is 4. The van der Waals surface area contributed by atoms with E-state index >= 15 is 0 Å². The highest BCUT2D eigenvalue weighted by molar-refractivity contribution is 5.76. The Hall–Kier alpha value is -3.42. The average Bonchev–Trinajstić information content (AvgIpc) is 3.02. The summed E-state index contributed by atoms with van der Waals surface area (Å²) >= 11 is 0. The molecule has 8 nitrogen and oxygen atoms in total. The molecule has 0 spiro atoms. The maximum absolute atomic E-state index is 12.8. The van der Waals surface area contributed by atoms with Crippen molar-refractivity contribution in [2.24, 2.45) is 0 Å². The van der Waals surface area contributed by atoms with Crippen molar-refractivity contribution in [1.82, 2.24) is 19.1 Å². The molecule has 0 bridgehead atoms. The lowest BCUT2D eigenvalue weighted by atomic mass is 10.2. The number of rotatable bonds is 9. The highest BCUT2D eigenvalue weighted by atomic mass is 16.4. The van der Waals surface area contributed by atoms with Crippen molar-refractivity contribution < 1.29 is 14.7 Å². The van der Waals surface area contributed by atoms with Gasteiger partial charge in [-0.3, -0.25) is 14.0 Å². The second-order valence-electron chi connectivity index (χ2n) is 6.48. The summed E-state index contributed by atoms with van der Waals surface area (Å²) < 4.78 is 2.71. The number of carboxylic acid groups (broad SMARTS) is 1. The van der Waals surface area contributed by atoms with E-state index in [0.29, 0.717) is 25.2 Å². The maximum atomic E-state index is 12.8. The third-order valence-corrected chi connectivity index (χ3v) is 4.41. The number of amides is 1. The van der Waals surface area contributed by atoms with E-state index in [4.69, 9.17) is 5.11 Å². The van der Waals surface area contributed by atoms with Gasteiger partial charge in [0.25, 0.3) is 0 Å². The van der Waals surface area contributed by atoms with Crippen LogP contribution in [-0.4, -0.2) is 42.6 Å². The zero-order valence-corrected chi connectivity index (χ0v) is 15.4. The van der Waals surface area contributed by atoms with Crippen molar-refractivity contribution in [2.45, 2.75) is 32.4 Å². The number of aliphatic carboxylic acids is 1. The highest BCUT2D eigenvalue weighted by Gasteiger charge is 2.16. The van der Waals surface area contributed by atoms with Gasteiger partial charge in [-0.15, -0.1) is 5.10 Å². The number of benzene rings is 1. The van der Waals surface area contributed by atoms with Crippen molar-refractivity contribution in [3.8, 4) is 0 Å². The Morgan fingerprint density at radius 2 is 1.79 bits per heavy atom. The van der Waals surface area contributed by atoms with E-state index in [2.05, 4.69) is 5.10 Å². The van der Waals surface area contributed by atoms with E-state index in [1.807, 2.05) is 30.3 Å². The standard InChI is InChI=1S/C20H22N4O4/c25-18(11-14-24-20(28)23-13-5-4-9-17(23)21-24)22(12-6-10-19(26)27)15-16-7-2-1-3-8-16/h1-5,7-9,13H,6,10-12,14-15H2,(H,26,27).